The fraction of sp³-hybridized carbons (Fsp3) is 0.909. The second-order valence-corrected chi connectivity index (χ2v) is 29.9. The highest BCUT2D eigenvalue weighted by molar-refractivity contribution is 5.76. The molecule has 94 heavy (non-hydrogen) atoms. The average molecular weight is 1320 g/mol. The molecule has 0 aromatic rings. The van der Waals surface area contributed by atoms with Gasteiger partial charge in [-0.15, -0.1) is 0 Å². The molecule has 6 nitrogen and oxygen atoms in total. The van der Waals surface area contributed by atoms with Crippen LogP contribution in [0.15, 0.2) is 36.5 Å². The van der Waals surface area contributed by atoms with E-state index in [0.717, 1.165) is 44.9 Å². The fourth-order valence-corrected chi connectivity index (χ4v) is 13.8. The molecule has 0 radical (unpaired) electrons. The van der Waals surface area contributed by atoms with E-state index in [1.807, 2.05) is 6.08 Å². The second kappa shape index (κ2) is 83.5. The number of nitrogens with one attached hydrogen (secondary N) is 1. The molecule has 1 amide bonds. The van der Waals surface area contributed by atoms with Crippen LogP contribution in [0.5, 0.6) is 0 Å². The number of hydrogen-bond acceptors (Lipinski definition) is 5. The number of amides is 1. The first-order chi connectivity index (χ1) is 46.5. The number of rotatable bonds is 82. The van der Waals surface area contributed by atoms with Crippen LogP contribution in [0.2, 0.25) is 0 Å². The van der Waals surface area contributed by atoms with Crippen LogP contribution in [-0.4, -0.2) is 47.4 Å². The van der Waals surface area contributed by atoms with E-state index >= 15 is 0 Å². The van der Waals surface area contributed by atoms with Crippen LogP contribution in [-0.2, 0) is 14.3 Å². The minimum atomic E-state index is -0.844. The largest absolute Gasteiger partial charge is 0.466 e. The number of unbranched alkanes of at least 4 members (excludes halogenated alkanes) is 67. The summed E-state index contributed by atoms with van der Waals surface area (Å²) in [6, 6.07) is -0.627. The van der Waals surface area contributed by atoms with Crippen molar-refractivity contribution in [1.82, 2.24) is 5.32 Å². The van der Waals surface area contributed by atoms with Crippen LogP contribution in [0.3, 0.4) is 0 Å². The van der Waals surface area contributed by atoms with Crippen molar-refractivity contribution >= 4 is 11.9 Å². The van der Waals surface area contributed by atoms with E-state index < -0.39 is 12.1 Å². The molecule has 0 aliphatic heterocycles. The lowest BCUT2D eigenvalue weighted by Crippen LogP contribution is -2.45. The van der Waals surface area contributed by atoms with Gasteiger partial charge in [-0.2, -0.15) is 0 Å². The summed E-state index contributed by atoms with van der Waals surface area (Å²) in [5.41, 5.74) is 0. The molecule has 0 fully saturated rings. The standard InChI is InChI=1S/C88H169NO5/c1-3-5-7-9-11-13-15-17-19-21-23-24-25-39-42-45-48-52-56-60-64-68-72-76-80-86(91)85(84-90)89-87(92)81-77-73-69-65-61-57-53-49-46-43-40-37-35-33-31-29-27-26-28-30-32-34-36-38-41-44-47-51-55-59-63-67-71-75-79-83-94-88(93)82-78-74-70-66-62-58-54-50-22-20-18-16-14-12-10-8-6-4-2/h20,22,28,30,76,80,85-86,90-91H,3-19,21,23-27,29,31-75,77-79,81-84H2,1-2H3,(H,89,92)/b22-20-,30-28-,80-76+. The molecule has 0 aliphatic carbocycles. The molecule has 0 heterocycles. The van der Waals surface area contributed by atoms with E-state index in [2.05, 4.69) is 43.5 Å². The first-order valence-corrected chi connectivity index (χ1v) is 43.3. The molecular weight excluding hydrogens is 1150 g/mol. The monoisotopic (exact) mass is 1320 g/mol. The highest BCUT2D eigenvalue weighted by Crippen LogP contribution is 2.20. The van der Waals surface area contributed by atoms with E-state index in [-0.39, 0.29) is 18.5 Å². The molecule has 0 saturated heterocycles. The van der Waals surface area contributed by atoms with Crippen LogP contribution in [0.4, 0.5) is 0 Å². The molecule has 2 unspecified atom stereocenters. The van der Waals surface area contributed by atoms with Gasteiger partial charge < -0.3 is 20.3 Å². The van der Waals surface area contributed by atoms with Crippen molar-refractivity contribution in [3.63, 3.8) is 0 Å². The molecule has 0 saturated carbocycles. The van der Waals surface area contributed by atoms with Gasteiger partial charge in [0.2, 0.25) is 5.91 Å². The number of aliphatic hydroxyl groups is 2. The van der Waals surface area contributed by atoms with Gasteiger partial charge in [0, 0.05) is 12.8 Å². The van der Waals surface area contributed by atoms with Gasteiger partial charge in [-0.25, -0.2) is 0 Å². The number of carbonyl (C=O) groups is 2. The van der Waals surface area contributed by atoms with E-state index in [1.54, 1.807) is 6.08 Å². The molecule has 0 spiro atoms. The molecule has 0 aromatic carbocycles. The first-order valence-electron chi connectivity index (χ1n) is 43.3. The number of esters is 1. The lowest BCUT2D eigenvalue weighted by Gasteiger charge is -2.20. The summed E-state index contributed by atoms with van der Waals surface area (Å²) >= 11 is 0. The Labute approximate surface area is 589 Å². The molecule has 0 rings (SSSR count). The summed E-state index contributed by atoms with van der Waals surface area (Å²) < 4.78 is 5.52. The normalized spacial score (nSPS) is 12.6. The Hall–Kier alpha value is -1.92. The van der Waals surface area contributed by atoms with E-state index in [0.29, 0.717) is 19.4 Å². The third kappa shape index (κ3) is 79.1. The van der Waals surface area contributed by atoms with Crippen molar-refractivity contribution in [2.24, 2.45) is 0 Å². The average Bonchev–Trinajstić information content (AvgIpc) is 3.68. The summed E-state index contributed by atoms with van der Waals surface area (Å²) in [5.74, 6) is -0.0409. The van der Waals surface area contributed by atoms with Gasteiger partial charge in [-0.3, -0.25) is 9.59 Å². The van der Waals surface area contributed by atoms with Crippen molar-refractivity contribution in [3.8, 4) is 0 Å². The maximum absolute atomic E-state index is 12.6. The number of allylic oxidation sites excluding steroid dienone is 5. The minimum Gasteiger partial charge on any atom is -0.466 e. The maximum atomic E-state index is 12.6. The van der Waals surface area contributed by atoms with Crippen molar-refractivity contribution in [3.05, 3.63) is 36.5 Å². The van der Waals surface area contributed by atoms with Crippen LogP contribution in [0, 0.1) is 0 Å². The Morgan fingerprint density at radius 2 is 0.500 bits per heavy atom. The van der Waals surface area contributed by atoms with Gasteiger partial charge in [0.25, 0.3) is 0 Å². The predicted molar refractivity (Wildman–Crippen MR) is 416 cm³/mol. The van der Waals surface area contributed by atoms with Crippen LogP contribution >= 0.6 is 0 Å². The summed E-state index contributed by atoms with van der Waals surface area (Å²) in [6.07, 6.45) is 110. The van der Waals surface area contributed by atoms with Crippen molar-refractivity contribution in [2.75, 3.05) is 13.2 Å². The molecule has 0 bridgehead atoms. The molecule has 0 aromatic heterocycles. The van der Waals surface area contributed by atoms with E-state index in [4.69, 9.17) is 4.74 Å². The lowest BCUT2D eigenvalue weighted by atomic mass is 10.0. The van der Waals surface area contributed by atoms with Gasteiger partial charge in [0.05, 0.1) is 25.4 Å². The highest BCUT2D eigenvalue weighted by atomic mass is 16.5. The van der Waals surface area contributed by atoms with Gasteiger partial charge >= 0.3 is 5.97 Å². The Morgan fingerprint density at radius 3 is 0.755 bits per heavy atom. The Bertz CT molecular complexity index is 1520. The third-order valence-corrected chi connectivity index (χ3v) is 20.4. The van der Waals surface area contributed by atoms with Gasteiger partial charge in [-0.1, -0.05) is 429 Å². The van der Waals surface area contributed by atoms with Gasteiger partial charge in [-0.05, 0) is 83.5 Å². The molecule has 0 aliphatic rings. The number of carbonyl (C=O) groups excluding carboxylic acids is 2. The highest BCUT2D eigenvalue weighted by Gasteiger charge is 2.18. The minimum absolute atomic E-state index is 0.0181. The zero-order chi connectivity index (χ0) is 67.7. The molecule has 556 valence electrons. The van der Waals surface area contributed by atoms with Crippen molar-refractivity contribution in [2.45, 2.75) is 501 Å². The van der Waals surface area contributed by atoms with E-state index in [9.17, 15) is 19.8 Å². The molecular formula is C88H169NO5. The topological polar surface area (TPSA) is 95.9 Å². The summed E-state index contributed by atoms with van der Waals surface area (Å²) in [5, 5.41) is 23.3. The van der Waals surface area contributed by atoms with E-state index in [1.165, 1.54) is 417 Å². The molecule has 6 heteroatoms. The summed E-state index contributed by atoms with van der Waals surface area (Å²) in [7, 11) is 0. The van der Waals surface area contributed by atoms with Gasteiger partial charge in [0.15, 0.2) is 0 Å². The number of aliphatic hydroxyl groups excluding tert-OH is 2. The smallest absolute Gasteiger partial charge is 0.305 e. The predicted octanol–water partition coefficient (Wildman–Crippen LogP) is 28.9. The Morgan fingerprint density at radius 1 is 0.287 bits per heavy atom. The SMILES string of the molecule is CCCCCCCCC/C=C\CCCCCCCCCC(=O)OCCCCCCCCCCCCCCCC/C=C\CCCCCCCCCCCCCCCCCCCC(=O)NC(CO)C(O)/C=C/CCCCCCCCCCCCCCCCCCCCCCCC. The lowest BCUT2D eigenvalue weighted by molar-refractivity contribution is -0.143. The third-order valence-electron chi connectivity index (χ3n) is 20.4. The molecule has 3 N–H and O–H groups in total. The van der Waals surface area contributed by atoms with Crippen LogP contribution in [0.25, 0.3) is 0 Å². The quantitative estimate of drug-likeness (QED) is 0.0320. The van der Waals surface area contributed by atoms with Crippen molar-refractivity contribution in [1.29, 1.82) is 0 Å². The second-order valence-electron chi connectivity index (χ2n) is 29.9. The zero-order valence-corrected chi connectivity index (χ0v) is 64.0. The summed E-state index contributed by atoms with van der Waals surface area (Å²) in [4.78, 5) is 24.7. The fourth-order valence-electron chi connectivity index (χ4n) is 13.8. The number of hydrogen-bond donors (Lipinski definition) is 3. The number of ether oxygens (including phenoxy) is 1. The Kier molecular flexibility index (Phi) is 81.8. The van der Waals surface area contributed by atoms with Crippen LogP contribution in [0.1, 0.15) is 489 Å². The van der Waals surface area contributed by atoms with Crippen LogP contribution < -0.4 is 5.32 Å². The summed E-state index contributed by atoms with van der Waals surface area (Å²) in [6.45, 7) is 4.96. The first kappa shape index (κ1) is 92.1. The van der Waals surface area contributed by atoms with Gasteiger partial charge in [0.1, 0.15) is 0 Å². The maximum Gasteiger partial charge on any atom is 0.305 e. The van der Waals surface area contributed by atoms with Crippen molar-refractivity contribution < 1.29 is 24.5 Å². The Balaban J connectivity index is 3.36. The molecule has 2 atom stereocenters. The zero-order valence-electron chi connectivity index (χ0n) is 64.0.